The Morgan fingerprint density at radius 1 is 0.743 bits per heavy atom. The number of hydrogen-bond donors (Lipinski definition) is 4. The first-order chi connectivity index (χ1) is 16.5. The summed E-state index contributed by atoms with van der Waals surface area (Å²) in [4.78, 5) is 20.0. The molecule has 13 heteroatoms. The fraction of sp³-hybridized carbons (Fsp3) is 0.0455. The molecular formula is C22H20N6O5S2. The Bertz CT molecular complexity index is 1620. The molecule has 4 aromatic rings. The zero-order chi connectivity index (χ0) is 25.2. The SMILES string of the molecule is CC(=O)Nc1ccc(S(=O)(=O)Nc2nc3ccccc3nc2Nc2ccc(S(N)(=O)=O)cc2)cc1. The molecule has 0 aliphatic rings. The highest BCUT2D eigenvalue weighted by Crippen LogP contribution is 2.28. The predicted octanol–water partition coefficient (Wildman–Crippen LogP) is 2.78. The third kappa shape index (κ3) is 5.71. The minimum atomic E-state index is -4.07. The largest absolute Gasteiger partial charge is 0.337 e. The molecule has 11 nitrogen and oxygen atoms in total. The average molecular weight is 513 g/mol. The maximum absolute atomic E-state index is 13.1. The maximum Gasteiger partial charge on any atom is 0.263 e. The Morgan fingerprint density at radius 2 is 1.26 bits per heavy atom. The van der Waals surface area contributed by atoms with Gasteiger partial charge in [0, 0.05) is 18.3 Å². The fourth-order valence-electron chi connectivity index (χ4n) is 3.13. The van der Waals surface area contributed by atoms with Crippen molar-refractivity contribution < 1.29 is 21.6 Å². The van der Waals surface area contributed by atoms with E-state index in [1.807, 2.05) is 0 Å². The van der Waals surface area contributed by atoms with Crippen molar-refractivity contribution >= 4 is 60.0 Å². The van der Waals surface area contributed by atoms with Crippen LogP contribution in [0.1, 0.15) is 6.92 Å². The van der Waals surface area contributed by atoms with E-state index in [1.165, 1.54) is 55.5 Å². The zero-order valence-corrected chi connectivity index (χ0v) is 19.9. The fourth-order valence-corrected chi connectivity index (χ4v) is 4.65. The highest BCUT2D eigenvalue weighted by molar-refractivity contribution is 7.92. The summed E-state index contributed by atoms with van der Waals surface area (Å²) < 4.78 is 51.6. The quantitative estimate of drug-likeness (QED) is 0.292. The Balaban J connectivity index is 1.69. The number of carbonyl (C=O) groups excluding carboxylic acids is 1. The molecule has 0 unspecified atom stereocenters. The monoisotopic (exact) mass is 512 g/mol. The van der Waals surface area contributed by atoms with Crippen LogP contribution in [0.2, 0.25) is 0 Å². The van der Waals surface area contributed by atoms with Crippen molar-refractivity contribution in [1.29, 1.82) is 0 Å². The van der Waals surface area contributed by atoms with Crippen LogP contribution in [-0.4, -0.2) is 32.7 Å². The molecule has 5 N–H and O–H groups in total. The van der Waals surface area contributed by atoms with Crippen molar-refractivity contribution in [3.63, 3.8) is 0 Å². The topological polar surface area (TPSA) is 173 Å². The van der Waals surface area contributed by atoms with Gasteiger partial charge in [-0.2, -0.15) is 0 Å². The summed E-state index contributed by atoms with van der Waals surface area (Å²) in [5.41, 5.74) is 1.86. The number of nitrogens with two attached hydrogens (primary N) is 1. The van der Waals surface area contributed by atoms with E-state index in [4.69, 9.17) is 5.14 Å². The second-order valence-corrected chi connectivity index (χ2v) is 10.7. The van der Waals surface area contributed by atoms with Crippen molar-refractivity contribution in [1.82, 2.24) is 9.97 Å². The number of amides is 1. The van der Waals surface area contributed by atoms with Crippen LogP contribution < -0.4 is 20.5 Å². The molecule has 0 saturated carbocycles. The summed E-state index contributed by atoms with van der Waals surface area (Å²) in [6.07, 6.45) is 0. The van der Waals surface area contributed by atoms with Gasteiger partial charge in [0.1, 0.15) is 0 Å². The van der Waals surface area contributed by atoms with Crippen molar-refractivity contribution in [2.24, 2.45) is 5.14 Å². The van der Waals surface area contributed by atoms with Gasteiger partial charge in [-0.25, -0.2) is 31.9 Å². The molecule has 0 aliphatic carbocycles. The van der Waals surface area contributed by atoms with Crippen LogP contribution in [0.4, 0.5) is 23.0 Å². The van der Waals surface area contributed by atoms with Gasteiger partial charge in [0.25, 0.3) is 10.0 Å². The summed E-state index contributed by atoms with van der Waals surface area (Å²) in [7, 11) is -7.93. The van der Waals surface area contributed by atoms with Gasteiger partial charge in [0.05, 0.1) is 20.8 Å². The molecule has 180 valence electrons. The number of carbonyl (C=O) groups is 1. The molecule has 0 aliphatic heterocycles. The average Bonchev–Trinajstić information content (AvgIpc) is 2.79. The van der Waals surface area contributed by atoms with Gasteiger partial charge in [0.15, 0.2) is 11.6 Å². The Hall–Kier alpha value is -4.07. The van der Waals surface area contributed by atoms with E-state index >= 15 is 0 Å². The molecule has 0 spiro atoms. The normalized spacial score (nSPS) is 11.7. The molecule has 0 bridgehead atoms. The second-order valence-electron chi connectivity index (χ2n) is 7.41. The van der Waals surface area contributed by atoms with Gasteiger partial charge in [0.2, 0.25) is 15.9 Å². The Morgan fingerprint density at radius 3 is 1.80 bits per heavy atom. The highest BCUT2D eigenvalue weighted by Gasteiger charge is 2.19. The number of para-hydroxylation sites is 2. The number of hydrogen-bond acceptors (Lipinski definition) is 8. The molecule has 4 rings (SSSR count). The van der Waals surface area contributed by atoms with Gasteiger partial charge < -0.3 is 10.6 Å². The van der Waals surface area contributed by atoms with Crippen LogP contribution in [-0.2, 0) is 24.8 Å². The van der Waals surface area contributed by atoms with Gasteiger partial charge in [-0.15, -0.1) is 0 Å². The molecule has 0 radical (unpaired) electrons. The third-order valence-corrected chi connectivity index (χ3v) is 7.02. The molecule has 0 atom stereocenters. The number of fused-ring (bicyclic) bond motifs is 1. The smallest absolute Gasteiger partial charge is 0.263 e. The summed E-state index contributed by atoms with van der Waals surface area (Å²) >= 11 is 0. The van der Waals surface area contributed by atoms with Gasteiger partial charge >= 0.3 is 0 Å². The second kappa shape index (κ2) is 9.29. The number of anilines is 4. The van der Waals surface area contributed by atoms with Crippen molar-refractivity contribution in [2.45, 2.75) is 16.7 Å². The molecule has 1 heterocycles. The van der Waals surface area contributed by atoms with Gasteiger partial charge in [-0.3, -0.25) is 9.52 Å². The van der Waals surface area contributed by atoms with E-state index in [0.717, 1.165) is 0 Å². The first-order valence-electron chi connectivity index (χ1n) is 10.1. The van der Waals surface area contributed by atoms with Gasteiger partial charge in [-0.05, 0) is 60.7 Å². The number of benzene rings is 3. The molecule has 3 aromatic carbocycles. The number of nitrogens with zero attached hydrogens (tertiary/aromatic N) is 2. The van der Waals surface area contributed by atoms with Crippen molar-refractivity contribution in [3.8, 4) is 0 Å². The lowest BCUT2D eigenvalue weighted by Gasteiger charge is -2.14. The lowest BCUT2D eigenvalue weighted by atomic mass is 10.3. The van der Waals surface area contributed by atoms with Crippen LogP contribution in [0.5, 0.6) is 0 Å². The van der Waals surface area contributed by atoms with Gasteiger partial charge in [-0.1, -0.05) is 12.1 Å². The van der Waals surface area contributed by atoms with Crippen LogP contribution in [0.25, 0.3) is 11.0 Å². The molecule has 0 fully saturated rings. The molecule has 0 saturated heterocycles. The maximum atomic E-state index is 13.1. The summed E-state index contributed by atoms with van der Waals surface area (Å²) in [6, 6.07) is 18.1. The molecular weight excluding hydrogens is 492 g/mol. The number of nitrogens with one attached hydrogen (secondary N) is 3. The minimum absolute atomic E-state index is 0.0509. The van der Waals surface area contributed by atoms with E-state index < -0.39 is 20.0 Å². The van der Waals surface area contributed by atoms with Crippen LogP contribution in [0.15, 0.2) is 82.6 Å². The number of primary sulfonamides is 1. The molecule has 1 amide bonds. The first kappa shape index (κ1) is 24.1. The highest BCUT2D eigenvalue weighted by atomic mass is 32.2. The lowest BCUT2D eigenvalue weighted by Crippen LogP contribution is -2.16. The number of rotatable bonds is 7. The number of aromatic nitrogens is 2. The van der Waals surface area contributed by atoms with E-state index in [-0.39, 0.29) is 27.3 Å². The predicted molar refractivity (Wildman–Crippen MR) is 132 cm³/mol. The van der Waals surface area contributed by atoms with Crippen LogP contribution >= 0.6 is 0 Å². The van der Waals surface area contributed by atoms with Crippen molar-refractivity contribution in [3.05, 3.63) is 72.8 Å². The zero-order valence-electron chi connectivity index (χ0n) is 18.3. The van der Waals surface area contributed by atoms with E-state index in [9.17, 15) is 21.6 Å². The minimum Gasteiger partial charge on any atom is -0.337 e. The van der Waals surface area contributed by atoms with E-state index in [1.54, 1.807) is 24.3 Å². The summed E-state index contributed by atoms with van der Waals surface area (Å²) in [5.74, 6) is -0.242. The summed E-state index contributed by atoms with van der Waals surface area (Å²) in [6.45, 7) is 1.35. The standard InChI is InChI=1S/C22H20N6O5S2/c1-14(29)24-15-8-12-18(13-9-15)35(32,33)28-22-21(26-19-4-2-3-5-20(19)27-22)25-16-6-10-17(11-7-16)34(23,30)31/h2-13H,1H3,(H,24,29)(H,25,26)(H,27,28)(H2,23,30,31). The van der Waals surface area contributed by atoms with E-state index in [2.05, 4.69) is 25.3 Å². The first-order valence-corrected chi connectivity index (χ1v) is 13.1. The van der Waals surface area contributed by atoms with E-state index in [0.29, 0.717) is 22.4 Å². The van der Waals surface area contributed by atoms with Crippen LogP contribution in [0, 0.1) is 0 Å². The number of sulfonamides is 2. The Labute approximate surface area is 201 Å². The third-order valence-electron chi connectivity index (χ3n) is 4.73. The lowest BCUT2D eigenvalue weighted by molar-refractivity contribution is -0.114. The summed E-state index contributed by atoms with van der Waals surface area (Å²) in [5, 5.41) is 10.7. The Kier molecular flexibility index (Phi) is 6.39. The molecule has 1 aromatic heterocycles. The van der Waals surface area contributed by atoms with Crippen LogP contribution in [0.3, 0.4) is 0 Å². The van der Waals surface area contributed by atoms with Crippen molar-refractivity contribution in [2.75, 3.05) is 15.4 Å². The molecule has 35 heavy (non-hydrogen) atoms.